The van der Waals surface area contributed by atoms with E-state index in [1.807, 2.05) is 0 Å². The molecule has 13 heavy (non-hydrogen) atoms. The van der Waals surface area contributed by atoms with E-state index >= 15 is 0 Å². The summed E-state index contributed by atoms with van der Waals surface area (Å²) in [5.74, 6) is 0. The van der Waals surface area contributed by atoms with E-state index in [2.05, 4.69) is 11.9 Å². The van der Waals surface area contributed by atoms with Gasteiger partial charge in [-0.1, -0.05) is 6.58 Å². The lowest BCUT2D eigenvalue weighted by Gasteiger charge is -2.08. The van der Waals surface area contributed by atoms with Gasteiger partial charge in [-0.2, -0.15) is 0 Å². The number of nitrogens with two attached hydrogens (primary N) is 1. The van der Waals surface area contributed by atoms with Crippen molar-refractivity contribution in [1.29, 1.82) is 0 Å². The smallest absolute Gasteiger partial charge is 0.177 e. The van der Waals surface area contributed by atoms with Gasteiger partial charge in [-0.05, 0) is 13.0 Å². The van der Waals surface area contributed by atoms with Gasteiger partial charge in [0.05, 0.1) is 4.91 Å². The molecular weight excluding hydrogens is 188 g/mol. The van der Waals surface area contributed by atoms with Crippen molar-refractivity contribution in [2.75, 3.05) is 19.3 Å². The summed E-state index contributed by atoms with van der Waals surface area (Å²) in [5, 5.41) is 2.89. The van der Waals surface area contributed by atoms with Gasteiger partial charge < -0.3 is 11.1 Å². The van der Waals surface area contributed by atoms with Crippen LogP contribution in [0.2, 0.25) is 0 Å². The Morgan fingerprint density at radius 2 is 2.15 bits per heavy atom. The minimum atomic E-state index is -3.19. The van der Waals surface area contributed by atoms with Crippen molar-refractivity contribution in [1.82, 2.24) is 5.32 Å². The van der Waals surface area contributed by atoms with Crippen LogP contribution in [0.25, 0.3) is 0 Å². The molecule has 0 spiro atoms. The first-order valence-electron chi connectivity index (χ1n) is 3.90. The largest absolute Gasteiger partial charge is 0.386 e. The minimum absolute atomic E-state index is 0.223. The molecule has 0 atom stereocenters. The fourth-order valence-corrected chi connectivity index (χ4v) is 1.86. The normalized spacial score (nSPS) is 13.5. The summed E-state index contributed by atoms with van der Waals surface area (Å²) < 4.78 is 22.3. The third-order valence-corrected chi connectivity index (χ3v) is 2.76. The molecule has 0 bridgehead atoms. The van der Waals surface area contributed by atoms with E-state index in [1.165, 1.54) is 6.08 Å². The van der Waals surface area contributed by atoms with Crippen molar-refractivity contribution < 1.29 is 8.42 Å². The first-order chi connectivity index (χ1) is 5.93. The number of hydrogen-bond acceptors (Lipinski definition) is 4. The van der Waals surface area contributed by atoms with Crippen molar-refractivity contribution in [3.8, 4) is 0 Å². The predicted molar refractivity (Wildman–Crippen MR) is 54.8 cm³/mol. The van der Waals surface area contributed by atoms with Crippen LogP contribution in [-0.4, -0.2) is 27.8 Å². The number of nitrogens with one attached hydrogen (secondary N) is 1. The molecule has 0 rings (SSSR count). The van der Waals surface area contributed by atoms with Crippen molar-refractivity contribution in [3.63, 3.8) is 0 Å². The van der Waals surface area contributed by atoms with Gasteiger partial charge in [0.15, 0.2) is 9.84 Å². The van der Waals surface area contributed by atoms with Crippen LogP contribution in [0.4, 0.5) is 0 Å². The third kappa shape index (κ3) is 4.10. The van der Waals surface area contributed by atoms with Crippen LogP contribution >= 0.6 is 0 Å². The Morgan fingerprint density at radius 1 is 1.62 bits per heavy atom. The number of sulfone groups is 1. The molecule has 4 nitrogen and oxygen atoms in total. The molecule has 0 aliphatic heterocycles. The third-order valence-electron chi connectivity index (χ3n) is 1.49. The van der Waals surface area contributed by atoms with E-state index < -0.39 is 9.84 Å². The zero-order valence-electron chi connectivity index (χ0n) is 8.00. The summed E-state index contributed by atoms with van der Waals surface area (Å²) >= 11 is 0. The van der Waals surface area contributed by atoms with Crippen LogP contribution in [0.15, 0.2) is 23.3 Å². The van der Waals surface area contributed by atoms with E-state index in [4.69, 9.17) is 5.73 Å². The Balaban J connectivity index is 4.81. The van der Waals surface area contributed by atoms with E-state index in [9.17, 15) is 8.42 Å². The van der Waals surface area contributed by atoms with E-state index in [-0.39, 0.29) is 4.91 Å². The monoisotopic (exact) mass is 204 g/mol. The fraction of sp³-hybridized carbons (Fsp3) is 0.500. The number of hydrogen-bond donors (Lipinski definition) is 2. The molecule has 0 saturated carbocycles. The lowest BCUT2D eigenvalue weighted by molar-refractivity contribution is 0.607. The Hall–Kier alpha value is -0.810. The molecule has 0 fully saturated rings. The molecule has 0 amide bonds. The van der Waals surface area contributed by atoms with Crippen molar-refractivity contribution >= 4 is 9.84 Å². The van der Waals surface area contributed by atoms with Gasteiger partial charge >= 0.3 is 0 Å². The summed E-state index contributed by atoms with van der Waals surface area (Å²) in [5.41, 5.74) is 5.85. The molecule has 0 aromatic carbocycles. The molecule has 5 heteroatoms. The molecule has 0 aliphatic rings. The van der Waals surface area contributed by atoms with Gasteiger partial charge in [-0.15, -0.1) is 0 Å². The summed E-state index contributed by atoms with van der Waals surface area (Å²) in [4.78, 5) is 0.223. The van der Waals surface area contributed by atoms with E-state index in [0.717, 1.165) is 6.26 Å². The second-order valence-electron chi connectivity index (χ2n) is 2.68. The second kappa shape index (κ2) is 5.04. The quantitative estimate of drug-likeness (QED) is 0.618. The first kappa shape index (κ1) is 12.2. The van der Waals surface area contributed by atoms with Gasteiger partial charge in [-0.25, -0.2) is 8.42 Å². The van der Waals surface area contributed by atoms with Gasteiger partial charge in [0, 0.05) is 25.0 Å². The lowest BCUT2D eigenvalue weighted by Crippen LogP contribution is -2.22. The maximum Gasteiger partial charge on any atom is 0.177 e. The summed E-state index contributed by atoms with van der Waals surface area (Å²) in [6.45, 7) is 6.15. The Labute approximate surface area is 79.4 Å². The molecule has 76 valence electrons. The average Bonchev–Trinajstić information content (AvgIpc) is 1.99. The van der Waals surface area contributed by atoms with Crippen LogP contribution < -0.4 is 11.1 Å². The molecule has 0 heterocycles. The Bertz CT molecular complexity index is 304. The number of rotatable bonds is 5. The first-order valence-corrected chi connectivity index (χ1v) is 5.80. The van der Waals surface area contributed by atoms with Crippen LogP contribution in [0.3, 0.4) is 0 Å². The highest BCUT2D eigenvalue weighted by atomic mass is 32.2. The zero-order chi connectivity index (χ0) is 10.5. The maximum absolute atomic E-state index is 11.2. The summed E-state index contributed by atoms with van der Waals surface area (Å²) in [7, 11) is -3.19. The lowest BCUT2D eigenvalue weighted by atomic mass is 10.4. The molecule has 0 unspecified atom stereocenters. The van der Waals surface area contributed by atoms with Crippen LogP contribution in [-0.2, 0) is 9.84 Å². The highest BCUT2D eigenvalue weighted by Crippen LogP contribution is 2.09. The predicted octanol–water partition coefficient (Wildman–Crippen LogP) is -0.00320. The second-order valence-corrected chi connectivity index (χ2v) is 4.67. The molecule has 3 N–H and O–H groups in total. The highest BCUT2D eigenvalue weighted by molar-refractivity contribution is 7.94. The molecule has 0 aromatic rings. The Kier molecular flexibility index (Phi) is 4.72. The zero-order valence-corrected chi connectivity index (χ0v) is 8.82. The van der Waals surface area contributed by atoms with Crippen LogP contribution in [0, 0.1) is 0 Å². The molecular formula is C8H16N2O2S. The highest BCUT2D eigenvalue weighted by Gasteiger charge is 2.10. The van der Waals surface area contributed by atoms with Crippen LogP contribution in [0.5, 0.6) is 0 Å². The minimum Gasteiger partial charge on any atom is -0.386 e. The van der Waals surface area contributed by atoms with Crippen LogP contribution in [0.1, 0.15) is 6.92 Å². The summed E-state index contributed by atoms with van der Waals surface area (Å²) in [6, 6.07) is 0. The van der Waals surface area contributed by atoms with Gasteiger partial charge in [0.25, 0.3) is 0 Å². The molecule has 0 saturated heterocycles. The average molecular weight is 204 g/mol. The van der Waals surface area contributed by atoms with Crippen molar-refractivity contribution in [2.24, 2.45) is 5.73 Å². The fourth-order valence-electron chi connectivity index (χ4n) is 0.929. The van der Waals surface area contributed by atoms with E-state index in [0.29, 0.717) is 18.8 Å². The maximum atomic E-state index is 11.2. The molecule has 0 aliphatic carbocycles. The van der Waals surface area contributed by atoms with Gasteiger partial charge in [0.2, 0.25) is 0 Å². The van der Waals surface area contributed by atoms with Gasteiger partial charge in [-0.3, -0.25) is 0 Å². The topological polar surface area (TPSA) is 72.2 Å². The molecule has 0 aromatic heterocycles. The van der Waals surface area contributed by atoms with E-state index in [1.54, 1.807) is 6.92 Å². The molecule has 0 radical (unpaired) electrons. The number of allylic oxidation sites excluding steroid dienone is 2. The van der Waals surface area contributed by atoms with Gasteiger partial charge in [0.1, 0.15) is 0 Å². The Morgan fingerprint density at radius 3 is 2.46 bits per heavy atom. The summed E-state index contributed by atoms with van der Waals surface area (Å²) in [6.07, 6.45) is 2.48. The SMILES string of the molecule is C=C/C(=C(\C)NCCN)S(C)(=O)=O. The standard InChI is InChI=1S/C8H16N2O2S/c1-4-8(13(3,11)12)7(2)10-6-5-9/h4,10H,1,5-6,9H2,2-3H3/b8-7-. The van der Waals surface area contributed by atoms with Crippen molar-refractivity contribution in [2.45, 2.75) is 6.92 Å². The van der Waals surface area contributed by atoms with Crippen molar-refractivity contribution in [3.05, 3.63) is 23.3 Å².